The van der Waals surface area contributed by atoms with Crippen molar-refractivity contribution in [3.63, 3.8) is 0 Å². The van der Waals surface area contributed by atoms with Crippen LogP contribution in [0.1, 0.15) is 59.4 Å². The quantitative estimate of drug-likeness (QED) is 0.589. The van der Waals surface area contributed by atoms with Gasteiger partial charge in [-0.1, -0.05) is 12.1 Å². The first-order chi connectivity index (χ1) is 13.9. The van der Waals surface area contributed by atoms with Gasteiger partial charge in [-0.05, 0) is 58.7 Å². The molecule has 0 bridgehead atoms. The second-order valence-corrected chi connectivity index (χ2v) is 12.1. The summed E-state index contributed by atoms with van der Waals surface area (Å²) in [5.74, 6) is -0.718. The first kappa shape index (κ1) is 24.5. The van der Waals surface area contributed by atoms with Crippen LogP contribution in [0.2, 0.25) is 0 Å². The largest absolute Gasteiger partial charge is 0.372 e. The van der Waals surface area contributed by atoms with Crippen molar-refractivity contribution < 1.29 is 22.7 Å². The van der Waals surface area contributed by atoms with E-state index in [1.807, 2.05) is 24.3 Å². The van der Waals surface area contributed by atoms with Gasteiger partial charge in [0.05, 0.1) is 17.0 Å². The van der Waals surface area contributed by atoms with Crippen LogP contribution in [0.3, 0.4) is 0 Å². The number of anilines is 1. The lowest BCUT2D eigenvalue weighted by atomic mass is 10.0. The van der Waals surface area contributed by atoms with Crippen molar-refractivity contribution in [1.29, 1.82) is 0 Å². The fourth-order valence-electron chi connectivity index (χ4n) is 3.51. The summed E-state index contributed by atoms with van der Waals surface area (Å²) < 4.78 is 29.0. The van der Waals surface area contributed by atoms with Crippen molar-refractivity contribution in [3.8, 4) is 0 Å². The SMILES string of the molecule is C[C@@H]1CN(c2ccc(CC(=O)CCCC(=O)CS(=O)(=O)C(C)(C)C)cc2)C[C@H](C)O1. The first-order valence-corrected chi connectivity index (χ1v) is 12.3. The monoisotopic (exact) mass is 437 g/mol. The molecule has 0 saturated carbocycles. The zero-order valence-corrected chi connectivity index (χ0v) is 19.6. The zero-order valence-electron chi connectivity index (χ0n) is 18.8. The number of carbonyl (C=O) groups is 2. The minimum atomic E-state index is -3.46. The van der Waals surface area contributed by atoms with Gasteiger partial charge in [0, 0.05) is 38.0 Å². The Balaban J connectivity index is 1.78. The van der Waals surface area contributed by atoms with Gasteiger partial charge < -0.3 is 9.64 Å². The van der Waals surface area contributed by atoms with Gasteiger partial charge in [0.15, 0.2) is 9.84 Å². The molecule has 1 aromatic rings. The summed E-state index contributed by atoms with van der Waals surface area (Å²) in [5, 5.41) is 0. The van der Waals surface area contributed by atoms with Crippen molar-refractivity contribution in [3.05, 3.63) is 29.8 Å². The number of rotatable bonds is 9. The summed E-state index contributed by atoms with van der Waals surface area (Å²) >= 11 is 0. The number of ether oxygens (including phenoxy) is 1. The lowest BCUT2D eigenvalue weighted by Gasteiger charge is -2.36. The van der Waals surface area contributed by atoms with Crippen LogP contribution in [0, 0.1) is 0 Å². The molecule has 0 aliphatic carbocycles. The Labute approximate surface area is 180 Å². The number of carbonyl (C=O) groups excluding carboxylic acids is 2. The number of ketones is 2. The van der Waals surface area contributed by atoms with E-state index in [0.29, 0.717) is 12.8 Å². The van der Waals surface area contributed by atoms with Crippen LogP contribution in [-0.4, -0.2) is 55.8 Å². The van der Waals surface area contributed by atoms with Gasteiger partial charge in [-0.25, -0.2) is 8.42 Å². The van der Waals surface area contributed by atoms with Crippen LogP contribution in [0.25, 0.3) is 0 Å². The Hall–Kier alpha value is -1.73. The second-order valence-electron chi connectivity index (χ2n) is 9.31. The molecule has 0 N–H and O–H groups in total. The Morgan fingerprint density at radius 1 is 1.00 bits per heavy atom. The third-order valence-electron chi connectivity index (χ3n) is 5.32. The Morgan fingerprint density at radius 3 is 2.07 bits per heavy atom. The fourth-order valence-corrected chi connectivity index (χ4v) is 4.51. The standard InChI is InChI=1S/C23H35NO5S/c1-17-14-24(15-18(2)29-17)20-11-9-19(10-12-20)13-21(25)7-6-8-22(26)16-30(27,28)23(3,4)5/h9-12,17-18H,6-8,13-16H2,1-5H3/t17-,18+. The number of Topliss-reactive ketones (excluding diaryl/α,β-unsaturated/α-hetero) is 2. The Bertz CT molecular complexity index is 829. The van der Waals surface area contributed by atoms with Crippen LogP contribution < -0.4 is 4.90 Å². The van der Waals surface area contributed by atoms with Crippen LogP contribution >= 0.6 is 0 Å². The topological polar surface area (TPSA) is 80.8 Å². The minimum absolute atomic E-state index is 0.0582. The molecule has 6 nitrogen and oxygen atoms in total. The highest BCUT2D eigenvalue weighted by Gasteiger charge is 2.30. The third kappa shape index (κ3) is 7.20. The smallest absolute Gasteiger partial charge is 0.162 e. The highest BCUT2D eigenvalue weighted by atomic mass is 32.2. The molecular formula is C23H35NO5S. The molecule has 0 spiro atoms. The number of hydrogen-bond acceptors (Lipinski definition) is 6. The summed E-state index contributed by atoms with van der Waals surface area (Å²) in [6, 6.07) is 8.01. The highest BCUT2D eigenvalue weighted by Crippen LogP contribution is 2.21. The fraction of sp³-hybridized carbons (Fsp3) is 0.652. The molecule has 1 fully saturated rings. The predicted molar refractivity (Wildman–Crippen MR) is 120 cm³/mol. The molecule has 1 aliphatic heterocycles. The molecule has 168 valence electrons. The number of hydrogen-bond donors (Lipinski definition) is 0. The van der Waals surface area contributed by atoms with Crippen molar-refractivity contribution in [2.24, 2.45) is 0 Å². The summed E-state index contributed by atoms with van der Waals surface area (Å²) in [4.78, 5) is 26.5. The normalized spacial score (nSPS) is 20.2. The Kier molecular flexibility index (Phi) is 8.22. The van der Waals surface area contributed by atoms with Crippen molar-refractivity contribution in [2.45, 2.75) is 77.3 Å². The molecule has 2 rings (SSSR count). The highest BCUT2D eigenvalue weighted by molar-refractivity contribution is 7.93. The van der Waals surface area contributed by atoms with Gasteiger partial charge in [0.1, 0.15) is 17.3 Å². The second kappa shape index (κ2) is 10.1. The average molecular weight is 438 g/mol. The van der Waals surface area contributed by atoms with Gasteiger partial charge >= 0.3 is 0 Å². The maximum absolute atomic E-state index is 12.3. The van der Waals surface area contributed by atoms with E-state index in [1.165, 1.54) is 0 Å². The first-order valence-electron chi connectivity index (χ1n) is 10.6. The third-order valence-corrected chi connectivity index (χ3v) is 7.89. The molecule has 0 amide bonds. The molecule has 2 atom stereocenters. The summed E-state index contributed by atoms with van der Waals surface area (Å²) in [6.45, 7) is 10.6. The number of morpholine rings is 1. The van der Waals surface area contributed by atoms with E-state index in [9.17, 15) is 18.0 Å². The minimum Gasteiger partial charge on any atom is -0.372 e. The predicted octanol–water partition coefficient (Wildman–Crippen LogP) is 3.36. The van der Waals surface area contributed by atoms with E-state index in [1.54, 1.807) is 20.8 Å². The molecule has 0 unspecified atom stereocenters. The van der Waals surface area contributed by atoms with E-state index in [0.717, 1.165) is 24.3 Å². The van der Waals surface area contributed by atoms with E-state index in [4.69, 9.17) is 4.74 Å². The molecule has 0 radical (unpaired) electrons. The lowest BCUT2D eigenvalue weighted by molar-refractivity contribution is -0.119. The van der Waals surface area contributed by atoms with Crippen LogP contribution in [0.15, 0.2) is 24.3 Å². The molecule has 7 heteroatoms. The molecular weight excluding hydrogens is 402 g/mol. The van der Waals surface area contributed by atoms with Crippen molar-refractivity contribution >= 4 is 27.1 Å². The number of nitrogens with zero attached hydrogens (tertiary/aromatic N) is 1. The summed E-state index contributed by atoms with van der Waals surface area (Å²) in [7, 11) is -3.46. The molecule has 1 heterocycles. The van der Waals surface area contributed by atoms with Crippen LogP contribution in [-0.2, 0) is 30.6 Å². The summed E-state index contributed by atoms with van der Waals surface area (Å²) in [5.41, 5.74) is 2.07. The van der Waals surface area contributed by atoms with Gasteiger partial charge in [0.2, 0.25) is 0 Å². The van der Waals surface area contributed by atoms with Gasteiger partial charge in [0.25, 0.3) is 0 Å². The maximum Gasteiger partial charge on any atom is 0.162 e. The number of benzene rings is 1. The summed E-state index contributed by atoms with van der Waals surface area (Å²) in [6.07, 6.45) is 1.49. The van der Waals surface area contributed by atoms with Gasteiger partial charge in [-0.2, -0.15) is 0 Å². The molecule has 30 heavy (non-hydrogen) atoms. The van der Waals surface area contributed by atoms with Crippen molar-refractivity contribution in [2.75, 3.05) is 23.7 Å². The van der Waals surface area contributed by atoms with Crippen LogP contribution in [0.5, 0.6) is 0 Å². The van der Waals surface area contributed by atoms with Gasteiger partial charge in [-0.3, -0.25) is 9.59 Å². The Morgan fingerprint density at radius 2 is 1.53 bits per heavy atom. The van der Waals surface area contributed by atoms with E-state index in [-0.39, 0.29) is 36.6 Å². The van der Waals surface area contributed by atoms with E-state index < -0.39 is 20.3 Å². The van der Waals surface area contributed by atoms with E-state index >= 15 is 0 Å². The van der Waals surface area contributed by atoms with E-state index in [2.05, 4.69) is 18.7 Å². The molecule has 1 saturated heterocycles. The van der Waals surface area contributed by atoms with Gasteiger partial charge in [-0.15, -0.1) is 0 Å². The maximum atomic E-state index is 12.3. The lowest BCUT2D eigenvalue weighted by Crippen LogP contribution is -2.45. The molecule has 1 aromatic carbocycles. The van der Waals surface area contributed by atoms with Crippen LogP contribution in [0.4, 0.5) is 5.69 Å². The number of sulfone groups is 1. The molecule has 1 aliphatic rings. The average Bonchev–Trinajstić information content (AvgIpc) is 2.60. The zero-order chi connectivity index (χ0) is 22.5. The van der Waals surface area contributed by atoms with Crippen molar-refractivity contribution in [1.82, 2.24) is 0 Å². The molecule has 0 aromatic heterocycles.